The zero-order chi connectivity index (χ0) is 32.0. The van der Waals surface area contributed by atoms with Crippen molar-refractivity contribution in [1.29, 1.82) is 0 Å². The van der Waals surface area contributed by atoms with Crippen LogP contribution in [0.1, 0.15) is 71.7 Å². The molecule has 4 rings (SSSR count). The summed E-state index contributed by atoms with van der Waals surface area (Å²) in [4.78, 5) is 55.7. The van der Waals surface area contributed by atoms with E-state index in [2.05, 4.69) is 17.4 Å². The Morgan fingerprint density at radius 2 is 1.56 bits per heavy atom. The van der Waals surface area contributed by atoms with Crippen molar-refractivity contribution >= 4 is 35.7 Å². The first-order chi connectivity index (χ1) is 21.8. The lowest BCUT2D eigenvalue weighted by Crippen LogP contribution is -2.35. The third-order valence-electron chi connectivity index (χ3n) is 7.00. The van der Waals surface area contributed by atoms with Gasteiger partial charge in [0.15, 0.2) is 0 Å². The van der Waals surface area contributed by atoms with Crippen molar-refractivity contribution in [3.8, 4) is 11.5 Å². The number of nitrogens with one attached hydrogen (secondary N) is 1. The number of anilines is 1. The molecule has 1 heterocycles. The van der Waals surface area contributed by atoms with Gasteiger partial charge in [0, 0.05) is 30.4 Å². The lowest BCUT2D eigenvalue weighted by molar-refractivity contribution is -0.137. The molecule has 3 aromatic rings. The minimum absolute atomic E-state index is 0.0108. The number of ether oxygens (including phenoxy) is 2. The number of aliphatic carboxylic acids is 1. The standard InChI is InChI=1S/C34H37N3O8/c1-2-3-4-5-6-21-43-28-17-11-26(12-18-28)34(42)44-29-15-7-24(8-16-29)22-37(23-31(38)39)33(41)25-9-13-27(14-10-25)36-32(40)30-19-20-35-45-30/h7-18,20,30H,2-6,19,21-23H2,1H3,(H,36,40)(H,38,39). The number of hydrogen-bond donors (Lipinski definition) is 2. The molecule has 0 bridgehead atoms. The van der Waals surface area contributed by atoms with Gasteiger partial charge in [0.1, 0.15) is 18.0 Å². The summed E-state index contributed by atoms with van der Waals surface area (Å²) in [6, 6.07) is 19.4. The van der Waals surface area contributed by atoms with Gasteiger partial charge in [-0.3, -0.25) is 14.4 Å². The van der Waals surface area contributed by atoms with Crippen LogP contribution in [0.15, 0.2) is 78.0 Å². The maximum absolute atomic E-state index is 13.2. The first kappa shape index (κ1) is 32.7. The molecule has 1 atom stereocenters. The van der Waals surface area contributed by atoms with Crippen molar-refractivity contribution in [1.82, 2.24) is 4.90 Å². The number of carbonyl (C=O) groups excluding carboxylic acids is 3. The molecule has 236 valence electrons. The molecule has 1 aliphatic heterocycles. The molecular formula is C34H37N3O8. The molecule has 11 nitrogen and oxygen atoms in total. The smallest absolute Gasteiger partial charge is 0.343 e. The zero-order valence-corrected chi connectivity index (χ0v) is 25.1. The summed E-state index contributed by atoms with van der Waals surface area (Å²) in [6.45, 7) is 2.30. The predicted octanol–water partition coefficient (Wildman–Crippen LogP) is 5.70. The van der Waals surface area contributed by atoms with E-state index in [-0.39, 0.29) is 18.0 Å². The number of nitrogens with zero attached hydrogens (tertiary/aromatic N) is 2. The van der Waals surface area contributed by atoms with E-state index in [4.69, 9.17) is 14.3 Å². The van der Waals surface area contributed by atoms with Crippen LogP contribution in [0.5, 0.6) is 11.5 Å². The average Bonchev–Trinajstić information content (AvgIpc) is 3.59. The number of hydrogen-bond acceptors (Lipinski definition) is 8. The number of unbranched alkanes of at least 4 members (excludes halogenated alkanes) is 4. The molecule has 0 fully saturated rings. The normalized spacial score (nSPS) is 13.5. The second kappa shape index (κ2) is 16.6. The molecule has 45 heavy (non-hydrogen) atoms. The Hall–Kier alpha value is -5.19. The summed E-state index contributed by atoms with van der Waals surface area (Å²) in [5.74, 6) is -1.55. The van der Waals surface area contributed by atoms with Crippen molar-refractivity contribution < 1.29 is 38.6 Å². The van der Waals surface area contributed by atoms with Crippen LogP contribution in [0, 0.1) is 0 Å². The molecule has 1 aliphatic rings. The monoisotopic (exact) mass is 615 g/mol. The molecule has 0 spiro atoms. The summed E-state index contributed by atoms with van der Waals surface area (Å²) >= 11 is 0. The quantitative estimate of drug-likeness (QED) is 0.119. The van der Waals surface area contributed by atoms with Crippen LogP contribution in [0.2, 0.25) is 0 Å². The van der Waals surface area contributed by atoms with Gasteiger partial charge in [-0.05, 0) is 72.6 Å². The van der Waals surface area contributed by atoms with Crippen LogP contribution in [0.3, 0.4) is 0 Å². The highest BCUT2D eigenvalue weighted by Crippen LogP contribution is 2.20. The first-order valence-electron chi connectivity index (χ1n) is 15.0. The number of carboxylic acid groups (broad SMARTS) is 1. The van der Waals surface area contributed by atoms with Crippen molar-refractivity contribution in [3.05, 3.63) is 89.5 Å². The molecule has 2 amide bonds. The largest absolute Gasteiger partial charge is 0.494 e. The Bertz CT molecular complexity index is 1460. The fourth-order valence-corrected chi connectivity index (χ4v) is 4.55. The Morgan fingerprint density at radius 3 is 2.20 bits per heavy atom. The number of benzene rings is 3. The Labute approximate surface area is 261 Å². The van der Waals surface area contributed by atoms with Crippen molar-refractivity contribution in [2.45, 2.75) is 58.1 Å². The third-order valence-corrected chi connectivity index (χ3v) is 7.00. The molecule has 0 radical (unpaired) electrons. The van der Waals surface area contributed by atoms with E-state index in [1.54, 1.807) is 60.7 Å². The highest BCUT2D eigenvalue weighted by atomic mass is 16.6. The Balaban J connectivity index is 1.29. The van der Waals surface area contributed by atoms with Gasteiger partial charge in [-0.25, -0.2) is 4.79 Å². The van der Waals surface area contributed by atoms with Crippen LogP contribution in [-0.4, -0.2) is 59.2 Å². The molecule has 11 heteroatoms. The molecule has 0 aromatic heterocycles. The van der Waals surface area contributed by atoms with E-state index in [1.165, 1.54) is 42.5 Å². The maximum atomic E-state index is 13.2. The van der Waals surface area contributed by atoms with E-state index >= 15 is 0 Å². The molecule has 0 saturated heterocycles. The van der Waals surface area contributed by atoms with Crippen LogP contribution >= 0.6 is 0 Å². The van der Waals surface area contributed by atoms with Crippen molar-refractivity contribution in [2.24, 2.45) is 5.16 Å². The van der Waals surface area contributed by atoms with Gasteiger partial charge in [0.2, 0.25) is 6.10 Å². The van der Waals surface area contributed by atoms with E-state index in [1.807, 2.05) is 0 Å². The molecule has 1 unspecified atom stereocenters. The summed E-state index contributed by atoms with van der Waals surface area (Å²) < 4.78 is 11.2. The van der Waals surface area contributed by atoms with Gasteiger partial charge in [-0.2, -0.15) is 0 Å². The zero-order valence-electron chi connectivity index (χ0n) is 25.1. The SMILES string of the molecule is CCCCCCCOc1ccc(C(=O)Oc2ccc(CN(CC(=O)O)C(=O)c3ccc(NC(=O)C4CC=NO4)cc3)cc2)cc1. The number of carboxylic acids is 1. The fraction of sp³-hybridized carbons (Fsp3) is 0.324. The van der Waals surface area contributed by atoms with Crippen molar-refractivity contribution in [2.75, 3.05) is 18.5 Å². The average molecular weight is 616 g/mol. The molecule has 3 aromatic carbocycles. The lowest BCUT2D eigenvalue weighted by atomic mass is 10.1. The second-order valence-corrected chi connectivity index (χ2v) is 10.6. The van der Waals surface area contributed by atoms with Crippen LogP contribution < -0.4 is 14.8 Å². The molecular weight excluding hydrogens is 578 g/mol. The first-order valence-corrected chi connectivity index (χ1v) is 15.0. The second-order valence-electron chi connectivity index (χ2n) is 10.6. The minimum Gasteiger partial charge on any atom is -0.494 e. The number of carbonyl (C=O) groups is 4. The molecule has 0 saturated carbocycles. The number of rotatable bonds is 16. The van der Waals surface area contributed by atoms with E-state index in [0.717, 1.165) is 12.8 Å². The highest BCUT2D eigenvalue weighted by molar-refractivity contribution is 5.98. The van der Waals surface area contributed by atoms with Crippen molar-refractivity contribution in [3.63, 3.8) is 0 Å². The van der Waals surface area contributed by atoms with Gasteiger partial charge < -0.3 is 29.6 Å². The predicted molar refractivity (Wildman–Crippen MR) is 168 cm³/mol. The van der Waals surface area contributed by atoms with Crippen LogP contribution in [0.25, 0.3) is 0 Å². The topological polar surface area (TPSA) is 144 Å². The van der Waals surface area contributed by atoms with Gasteiger partial charge in [-0.1, -0.05) is 49.9 Å². The summed E-state index contributed by atoms with van der Waals surface area (Å²) in [7, 11) is 0. The Kier molecular flexibility index (Phi) is 12.1. The van der Waals surface area contributed by atoms with E-state index in [0.29, 0.717) is 41.3 Å². The molecule has 0 aliphatic carbocycles. The fourth-order valence-electron chi connectivity index (χ4n) is 4.55. The van der Waals surface area contributed by atoms with Gasteiger partial charge in [0.25, 0.3) is 11.8 Å². The number of esters is 1. The molecule has 2 N–H and O–H groups in total. The van der Waals surface area contributed by atoms with Gasteiger partial charge >= 0.3 is 11.9 Å². The highest BCUT2D eigenvalue weighted by Gasteiger charge is 2.23. The maximum Gasteiger partial charge on any atom is 0.343 e. The van der Waals surface area contributed by atoms with Gasteiger partial charge in [-0.15, -0.1) is 0 Å². The Morgan fingerprint density at radius 1 is 0.889 bits per heavy atom. The third kappa shape index (κ3) is 10.2. The van der Waals surface area contributed by atoms with Crippen LogP contribution in [0.4, 0.5) is 5.69 Å². The van der Waals surface area contributed by atoms with E-state index < -0.39 is 30.5 Å². The van der Waals surface area contributed by atoms with E-state index in [9.17, 15) is 24.3 Å². The summed E-state index contributed by atoms with van der Waals surface area (Å²) in [5.41, 5.74) is 1.73. The summed E-state index contributed by atoms with van der Waals surface area (Å²) in [5, 5.41) is 15.7. The summed E-state index contributed by atoms with van der Waals surface area (Å²) in [6.07, 6.45) is 6.94. The lowest BCUT2D eigenvalue weighted by Gasteiger charge is -2.21. The minimum atomic E-state index is -1.17. The number of oxime groups is 1. The number of amides is 2. The van der Waals surface area contributed by atoms with Gasteiger partial charge in [0.05, 0.1) is 12.2 Å². The van der Waals surface area contributed by atoms with Crippen LogP contribution in [-0.2, 0) is 21.0 Å².